The molecular weight excluding hydrogens is 314 g/mol. The average Bonchev–Trinajstić information content (AvgIpc) is 2.80. The van der Waals surface area contributed by atoms with Crippen LogP contribution in [0.15, 0.2) is 21.4 Å². The van der Waals surface area contributed by atoms with E-state index < -0.39 is 9.84 Å². The highest BCUT2D eigenvalue weighted by Crippen LogP contribution is 2.31. The molecule has 1 aliphatic rings. The number of piperazine rings is 1. The van der Waals surface area contributed by atoms with Crippen molar-refractivity contribution in [3.05, 3.63) is 17.2 Å². The second-order valence-electron chi connectivity index (χ2n) is 5.27. The first-order valence-electron chi connectivity index (χ1n) is 6.64. The normalized spacial score (nSPS) is 20.1. The largest absolute Gasteiger partial charge is 0.422 e. The fourth-order valence-electron chi connectivity index (χ4n) is 2.48. The first-order valence-corrected chi connectivity index (χ1v) is 8.90. The number of halogens is 1. The van der Waals surface area contributed by atoms with Crippen molar-refractivity contribution in [1.82, 2.24) is 10.3 Å². The highest BCUT2D eigenvalue weighted by molar-refractivity contribution is 7.91. The molecule has 114 valence electrons. The Morgan fingerprint density at radius 2 is 2.24 bits per heavy atom. The molecule has 1 fully saturated rings. The Morgan fingerprint density at radius 3 is 2.90 bits per heavy atom. The third-order valence-corrected chi connectivity index (χ3v) is 4.88. The molecule has 1 unspecified atom stereocenters. The minimum Gasteiger partial charge on any atom is -0.422 e. The number of nitrogens with one attached hydrogen (secondary N) is 1. The number of fused-ring (bicyclic) bond motifs is 1. The molecule has 0 radical (unpaired) electrons. The maximum atomic E-state index is 11.9. The summed E-state index contributed by atoms with van der Waals surface area (Å²) in [5, 5.41) is 3.61. The van der Waals surface area contributed by atoms with E-state index in [1.54, 1.807) is 6.07 Å². The van der Waals surface area contributed by atoms with Gasteiger partial charge in [-0.25, -0.2) is 8.42 Å². The summed E-state index contributed by atoms with van der Waals surface area (Å²) in [5.74, 6) is 0. The van der Waals surface area contributed by atoms with Crippen LogP contribution in [0.4, 0.5) is 6.01 Å². The number of anilines is 1. The maximum absolute atomic E-state index is 11.9. The zero-order valence-corrected chi connectivity index (χ0v) is 13.3. The standard InChI is InChI=1S/C13H16ClN3O3S/c1-8-7-15-3-4-17(8)13-16-10-5-9(14)6-11(12(10)20-13)21(2,18)19/h5-6,8,15H,3-4,7H2,1-2H3. The van der Waals surface area contributed by atoms with Gasteiger partial charge in [-0.1, -0.05) is 11.6 Å². The van der Waals surface area contributed by atoms with Gasteiger partial charge in [0.15, 0.2) is 15.4 Å². The average molecular weight is 330 g/mol. The van der Waals surface area contributed by atoms with E-state index in [1.165, 1.54) is 6.07 Å². The number of aromatic nitrogens is 1. The third-order valence-electron chi connectivity index (χ3n) is 3.56. The molecule has 1 atom stereocenters. The quantitative estimate of drug-likeness (QED) is 0.903. The first-order chi connectivity index (χ1) is 9.86. The highest BCUT2D eigenvalue weighted by atomic mass is 35.5. The van der Waals surface area contributed by atoms with Crippen LogP contribution in [0.1, 0.15) is 6.92 Å². The lowest BCUT2D eigenvalue weighted by Gasteiger charge is -2.32. The van der Waals surface area contributed by atoms with Crippen LogP contribution in [-0.2, 0) is 9.84 Å². The molecule has 1 aromatic heterocycles. The minimum absolute atomic E-state index is 0.0755. The van der Waals surface area contributed by atoms with E-state index in [9.17, 15) is 8.42 Å². The monoisotopic (exact) mass is 329 g/mol. The second kappa shape index (κ2) is 5.15. The Morgan fingerprint density at radius 1 is 1.48 bits per heavy atom. The summed E-state index contributed by atoms with van der Waals surface area (Å²) in [7, 11) is -3.43. The van der Waals surface area contributed by atoms with E-state index in [2.05, 4.69) is 17.2 Å². The van der Waals surface area contributed by atoms with Crippen molar-refractivity contribution < 1.29 is 12.8 Å². The molecule has 2 heterocycles. The van der Waals surface area contributed by atoms with Gasteiger partial charge in [0.1, 0.15) is 10.4 Å². The van der Waals surface area contributed by atoms with Gasteiger partial charge in [0, 0.05) is 37.0 Å². The molecule has 1 saturated heterocycles. The Hall–Kier alpha value is -1.31. The predicted molar refractivity (Wildman–Crippen MR) is 81.8 cm³/mol. The van der Waals surface area contributed by atoms with E-state index in [0.717, 1.165) is 25.9 Å². The minimum atomic E-state index is -3.43. The lowest BCUT2D eigenvalue weighted by Crippen LogP contribution is -2.50. The van der Waals surface area contributed by atoms with Crippen molar-refractivity contribution in [1.29, 1.82) is 0 Å². The molecule has 1 N–H and O–H groups in total. The Labute approximate surface area is 128 Å². The number of nitrogens with zero attached hydrogens (tertiary/aromatic N) is 2. The summed E-state index contributed by atoms with van der Waals surface area (Å²) in [6.45, 7) is 4.49. The second-order valence-corrected chi connectivity index (χ2v) is 7.69. The summed E-state index contributed by atoms with van der Waals surface area (Å²) in [6, 6.07) is 3.68. The van der Waals surface area contributed by atoms with Crippen LogP contribution < -0.4 is 10.2 Å². The Kier molecular flexibility index (Phi) is 3.59. The van der Waals surface area contributed by atoms with Gasteiger partial charge >= 0.3 is 0 Å². The van der Waals surface area contributed by atoms with E-state index >= 15 is 0 Å². The predicted octanol–water partition coefficient (Wildman–Crippen LogP) is 1.68. The van der Waals surface area contributed by atoms with Crippen LogP contribution in [0.3, 0.4) is 0 Å². The van der Waals surface area contributed by atoms with Crippen LogP contribution >= 0.6 is 11.6 Å². The van der Waals surface area contributed by atoms with Crippen LogP contribution in [0.2, 0.25) is 5.02 Å². The number of sulfone groups is 1. The number of rotatable bonds is 2. The summed E-state index contributed by atoms with van der Waals surface area (Å²) in [6.07, 6.45) is 1.13. The van der Waals surface area contributed by atoms with Crippen molar-refractivity contribution in [2.75, 3.05) is 30.8 Å². The van der Waals surface area contributed by atoms with Gasteiger partial charge in [0.2, 0.25) is 0 Å². The molecule has 6 nitrogen and oxygen atoms in total. The summed E-state index contributed by atoms with van der Waals surface area (Å²) >= 11 is 5.98. The molecule has 0 saturated carbocycles. The molecule has 3 rings (SSSR count). The van der Waals surface area contributed by atoms with Gasteiger partial charge < -0.3 is 14.6 Å². The van der Waals surface area contributed by atoms with E-state index in [0.29, 0.717) is 16.6 Å². The van der Waals surface area contributed by atoms with Crippen molar-refractivity contribution in [2.45, 2.75) is 17.9 Å². The molecule has 8 heteroatoms. The molecule has 0 bridgehead atoms. The number of hydrogen-bond acceptors (Lipinski definition) is 6. The van der Waals surface area contributed by atoms with E-state index in [4.69, 9.17) is 16.0 Å². The van der Waals surface area contributed by atoms with Crippen LogP contribution in [0.5, 0.6) is 0 Å². The molecule has 2 aromatic rings. The lowest BCUT2D eigenvalue weighted by molar-refractivity contribution is 0.455. The van der Waals surface area contributed by atoms with Crippen molar-refractivity contribution in [3.63, 3.8) is 0 Å². The number of benzene rings is 1. The topological polar surface area (TPSA) is 75.4 Å². The smallest absolute Gasteiger partial charge is 0.298 e. The van der Waals surface area contributed by atoms with Gasteiger partial charge in [-0.15, -0.1) is 0 Å². The summed E-state index contributed by atoms with van der Waals surface area (Å²) in [4.78, 5) is 6.50. The van der Waals surface area contributed by atoms with Gasteiger partial charge in [0.05, 0.1) is 0 Å². The molecule has 21 heavy (non-hydrogen) atoms. The molecule has 0 spiro atoms. The fraction of sp³-hybridized carbons (Fsp3) is 0.462. The molecular formula is C13H16ClN3O3S. The Balaban J connectivity index is 2.16. The summed E-state index contributed by atoms with van der Waals surface area (Å²) < 4.78 is 29.5. The van der Waals surface area contributed by atoms with Crippen LogP contribution in [-0.4, -0.2) is 45.3 Å². The van der Waals surface area contributed by atoms with Gasteiger partial charge in [-0.2, -0.15) is 4.98 Å². The highest BCUT2D eigenvalue weighted by Gasteiger charge is 2.25. The zero-order valence-electron chi connectivity index (χ0n) is 11.8. The number of oxazole rings is 1. The van der Waals surface area contributed by atoms with Crippen molar-refractivity contribution >= 4 is 38.6 Å². The van der Waals surface area contributed by atoms with Gasteiger partial charge in [-0.3, -0.25) is 0 Å². The lowest BCUT2D eigenvalue weighted by atomic mass is 10.2. The van der Waals surface area contributed by atoms with Crippen LogP contribution in [0, 0.1) is 0 Å². The molecule has 1 aliphatic heterocycles. The summed E-state index contributed by atoms with van der Waals surface area (Å²) in [5.41, 5.74) is 0.728. The van der Waals surface area contributed by atoms with Gasteiger partial charge in [0.25, 0.3) is 6.01 Å². The molecule has 0 aliphatic carbocycles. The van der Waals surface area contributed by atoms with Crippen LogP contribution in [0.25, 0.3) is 11.1 Å². The fourth-order valence-corrected chi connectivity index (χ4v) is 3.58. The maximum Gasteiger partial charge on any atom is 0.298 e. The Bertz CT molecular complexity index is 787. The van der Waals surface area contributed by atoms with E-state index in [-0.39, 0.29) is 16.5 Å². The first kappa shape index (κ1) is 14.6. The van der Waals surface area contributed by atoms with E-state index in [1.807, 2.05) is 4.90 Å². The third kappa shape index (κ3) is 2.73. The molecule has 1 aromatic carbocycles. The number of hydrogen-bond donors (Lipinski definition) is 1. The van der Waals surface area contributed by atoms with Gasteiger partial charge in [-0.05, 0) is 19.1 Å². The SMILES string of the molecule is CC1CNCCN1c1nc2cc(Cl)cc(S(C)(=O)=O)c2o1. The van der Waals surface area contributed by atoms with Crippen molar-refractivity contribution in [3.8, 4) is 0 Å². The zero-order chi connectivity index (χ0) is 15.2. The molecule has 0 amide bonds. The van der Waals surface area contributed by atoms with Crippen molar-refractivity contribution in [2.24, 2.45) is 0 Å².